The van der Waals surface area contributed by atoms with Crippen molar-refractivity contribution in [3.8, 4) is 22.8 Å². The molecule has 342 valence electrons. The average molecular weight is 962 g/mol. The summed E-state index contributed by atoms with van der Waals surface area (Å²) in [4.78, 5) is 38.7. The minimum atomic E-state index is -1.92. The number of thiazole rings is 2. The van der Waals surface area contributed by atoms with Crippen LogP contribution < -0.4 is 10.1 Å². The first kappa shape index (κ1) is 47.3. The summed E-state index contributed by atoms with van der Waals surface area (Å²) in [5, 5.41) is 32.6. The van der Waals surface area contributed by atoms with E-state index in [-0.39, 0.29) is 21.5 Å². The maximum atomic E-state index is 14.3. The number of amides is 1. The molecular weight excluding hydrogens is 911 g/mol. The fourth-order valence-corrected chi connectivity index (χ4v) is 8.64. The second-order valence-corrected chi connectivity index (χ2v) is 23.5. The Bertz CT molecular complexity index is 2780. The molecule has 1 amide bonds. The number of nitrogens with one attached hydrogen (secondary N) is 1. The number of anilines is 2. The highest BCUT2D eigenvalue weighted by atomic mass is 35.5. The van der Waals surface area contributed by atoms with Crippen molar-refractivity contribution in [3.05, 3.63) is 98.2 Å². The van der Waals surface area contributed by atoms with Crippen LogP contribution in [0.5, 0.6) is 0 Å². The van der Waals surface area contributed by atoms with E-state index in [1.54, 1.807) is 38.4 Å². The SMILES string of the molecule is COCn1ccsc1=Nc1cc(-c2nnn(C)n2)cc(CO[Si](C)(C)C(C)(C)C)n1.Cn1nnc(-c2cc(CN3CCN(C(=O)c4cccc(Cl)c4F)CC3)nc(Nc3nccs3)c2)n1. The van der Waals surface area contributed by atoms with Crippen molar-refractivity contribution in [1.29, 1.82) is 0 Å². The quantitative estimate of drug-likeness (QED) is 0.120. The van der Waals surface area contributed by atoms with Gasteiger partial charge in [-0.15, -0.1) is 43.1 Å². The first-order chi connectivity index (χ1) is 31.0. The lowest BCUT2D eigenvalue weighted by Crippen LogP contribution is -2.48. The van der Waals surface area contributed by atoms with Gasteiger partial charge in [0.15, 0.2) is 29.9 Å². The van der Waals surface area contributed by atoms with Crippen molar-refractivity contribution in [2.24, 2.45) is 19.1 Å². The van der Waals surface area contributed by atoms with Gasteiger partial charge in [0.05, 0.1) is 42.7 Å². The van der Waals surface area contributed by atoms with E-state index in [4.69, 9.17) is 35.7 Å². The molecule has 0 aliphatic carbocycles. The molecule has 65 heavy (non-hydrogen) atoms. The number of pyridine rings is 2. The Labute approximate surface area is 389 Å². The van der Waals surface area contributed by atoms with Crippen molar-refractivity contribution in [2.75, 3.05) is 38.6 Å². The molecule has 24 heteroatoms. The smallest absolute Gasteiger partial charge is 0.256 e. The van der Waals surface area contributed by atoms with Crippen molar-refractivity contribution in [1.82, 2.24) is 69.7 Å². The van der Waals surface area contributed by atoms with E-state index >= 15 is 0 Å². The molecule has 0 bridgehead atoms. The molecule has 0 atom stereocenters. The predicted octanol–water partition coefficient (Wildman–Crippen LogP) is 6.72. The number of aryl methyl sites for hydroxylation is 2. The molecule has 1 saturated heterocycles. The Kier molecular flexibility index (Phi) is 15.0. The highest BCUT2D eigenvalue weighted by molar-refractivity contribution is 7.13. The zero-order valence-electron chi connectivity index (χ0n) is 37.3. The van der Waals surface area contributed by atoms with Gasteiger partial charge in [-0.25, -0.2) is 24.3 Å². The second kappa shape index (κ2) is 20.6. The van der Waals surface area contributed by atoms with Crippen LogP contribution in [0.2, 0.25) is 23.2 Å². The summed E-state index contributed by atoms with van der Waals surface area (Å²) < 4.78 is 27.8. The van der Waals surface area contributed by atoms with Crippen molar-refractivity contribution < 1.29 is 18.3 Å². The van der Waals surface area contributed by atoms with Crippen LogP contribution in [0.25, 0.3) is 22.8 Å². The Morgan fingerprint density at radius 2 is 1.63 bits per heavy atom. The highest BCUT2D eigenvalue weighted by Gasteiger charge is 2.37. The lowest BCUT2D eigenvalue weighted by atomic mass is 10.1. The molecule has 0 saturated carbocycles. The minimum absolute atomic E-state index is 0.00492. The van der Waals surface area contributed by atoms with E-state index in [2.05, 4.69) is 79.9 Å². The number of ether oxygens (including phenoxy) is 1. The van der Waals surface area contributed by atoms with Crippen molar-refractivity contribution >= 4 is 65.3 Å². The Balaban J connectivity index is 0.000000197. The molecule has 1 aliphatic rings. The minimum Gasteiger partial charge on any atom is -0.411 e. The molecule has 1 N–H and O–H groups in total. The van der Waals surface area contributed by atoms with Crippen molar-refractivity contribution in [2.45, 2.75) is 58.8 Å². The number of benzene rings is 1. The van der Waals surface area contributed by atoms with Crippen molar-refractivity contribution in [3.63, 3.8) is 0 Å². The van der Waals surface area contributed by atoms with Crippen LogP contribution >= 0.6 is 34.3 Å². The number of carbonyl (C=O) groups excluding carboxylic acids is 1. The molecule has 0 radical (unpaired) electrons. The third kappa shape index (κ3) is 12.2. The average Bonchev–Trinajstić information content (AvgIpc) is 4.12. The summed E-state index contributed by atoms with van der Waals surface area (Å²) in [7, 11) is 3.19. The zero-order chi connectivity index (χ0) is 46.3. The number of hydrogen-bond donors (Lipinski definition) is 1. The van der Waals surface area contributed by atoms with Gasteiger partial charge in [-0.05, 0) is 65.0 Å². The lowest BCUT2D eigenvalue weighted by molar-refractivity contribution is 0.0622. The molecule has 1 aliphatic heterocycles. The van der Waals surface area contributed by atoms with Gasteiger partial charge < -0.3 is 19.4 Å². The van der Waals surface area contributed by atoms with Gasteiger partial charge in [-0.2, -0.15) is 9.59 Å². The first-order valence-corrected chi connectivity index (χ1v) is 25.5. The zero-order valence-corrected chi connectivity index (χ0v) is 40.7. The van der Waals surface area contributed by atoms with Crippen LogP contribution in [0.15, 0.2) is 70.6 Å². The Morgan fingerprint density at radius 1 is 0.938 bits per heavy atom. The number of hydrogen-bond acceptors (Lipinski definition) is 17. The summed E-state index contributed by atoms with van der Waals surface area (Å²) in [6.45, 7) is 14.7. The summed E-state index contributed by atoms with van der Waals surface area (Å²) in [6, 6.07) is 12.1. The van der Waals surface area contributed by atoms with E-state index in [9.17, 15) is 9.18 Å². The summed E-state index contributed by atoms with van der Waals surface area (Å²) >= 11 is 8.84. The monoisotopic (exact) mass is 960 g/mol. The molecule has 7 aromatic rings. The topological polar surface area (TPSA) is 197 Å². The molecule has 1 aromatic carbocycles. The maximum absolute atomic E-state index is 14.3. The van der Waals surface area contributed by atoms with Crippen LogP contribution in [0.3, 0.4) is 0 Å². The molecule has 6 aromatic heterocycles. The van der Waals surface area contributed by atoms with Gasteiger partial charge in [-0.1, -0.05) is 38.4 Å². The number of piperazine rings is 1. The fraction of sp³-hybridized carbons (Fsp3) is 0.390. The van der Waals surface area contributed by atoms with E-state index in [0.717, 1.165) is 32.4 Å². The number of carbonyl (C=O) groups is 1. The second-order valence-electron chi connectivity index (χ2n) is 16.5. The normalized spacial score (nSPS) is 13.8. The number of rotatable bonds is 13. The number of tetrazole rings is 2. The van der Waals surface area contributed by atoms with Crippen LogP contribution in [-0.4, -0.2) is 117 Å². The van der Waals surface area contributed by atoms with Crippen LogP contribution in [0.4, 0.5) is 21.2 Å². The van der Waals surface area contributed by atoms with Crippen LogP contribution in [0, 0.1) is 5.82 Å². The lowest BCUT2D eigenvalue weighted by Gasteiger charge is -2.36. The molecule has 8 rings (SSSR count). The summed E-state index contributed by atoms with van der Waals surface area (Å²) in [6.07, 6.45) is 3.65. The van der Waals surface area contributed by atoms with Gasteiger partial charge in [0, 0.05) is 74.1 Å². The van der Waals surface area contributed by atoms with Gasteiger partial charge in [0.1, 0.15) is 12.5 Å². The largest absolute Gasteiger partial charge is 0.411 e. The molecule has 19 nitrogen and oxygen atoms in total. The van der Waals surface area contributed by atoms with Crippen LogP contribution in [0.1, 0.15) is 42.5 Å². The third-order valence-electron chi connectivity index (χ3n) is 10.7. The number of halogens is 2. The molecule has 1 fully saturated rings. The fourth-order valence-electron chi connectivity index (χ4n) is 6.26. The Hall–Kier alpha value is -5.69. The highest BCUT2D eigenvalue weighted by Crippen LogP contribution is 2.37. The number of methoxy groups -OCH3 is 1. The van der Waals surface area contributed by atoms with E-state index < -0.39 is 14.1 Å². The maximum Gasteiger partial charge on any atom is 0.256 e. The van der Waals surface area contributed by atoms with E-state index in [1.165, 1.54) is 44.4 Å². The Morgan fingerprint density at radius 3 is 2.26 bits per heavy atom. The van der Waals surface area contributed by atoms with Gasteiger partial charge in [0.25, 0.3) is 5.91 Å². The molecular formula is C41H50ClFN16O3S2Si. The van der Waals surface area contributed by atoms with Gasteiger partial charge in [0.2, 0.25) is 11.6 Å². The van der Waals surface area contributed by atoms with E-state index in [0.29, 0.717) is 69.3 Å². The van der Waals surface area contributed by atoms with Gasteiger partial charge >= 0.3 is 0 Å². The first-order valence-electron chi connectivity index (χ1n) is 20.5. The molecule has 0 spiro atoms. The van der Waals surface area contributed by atoms with E-state index in [1.807, 2.05) is 45.8 Å². The summed E-state index contributed by atoms with van der Waals surface area (Å²) in [5.74, 6) is 1.19. The standard InChI is InChI=1S/C22H21ClFN9OS.C19H29N7O2SSi/c1-31-29-20(28-30-31)14-11-15(26-18(12-14)27-22-25-5-10-35-22)13-32-6-8-33(9-7-32)21(34)16-3-2-4-17(23)19(16)24;1-19(2,3)30(6,7)28-12-15-10-14(17-22-24-25(4)23-17)11-16(20-15)21-18-26(13-27-5)8-9-29-18/h2-5,10-12H,6-9,13H2,1H3,(H,25,26,27);8-11H,12-13H2,1-7H3. The van der Waals surface area contributed by atoms with Gasteiger partial charge in [-0.3, -0.25) is 14.3 Å². The van der Waals surface area contributed by atoms with Crippen LogP contribution in [-0.2, 0) is 43.1 Å². The predicted molar refractivity (Wildman–Crippen MR) is 249 cm³/mol. The number of nitrogens with zero attached hydrogens (tertiary/aromatic N) is 15. The third-order valence-corrected chi connectivity index (χ3v) is 16.9. The number of aromatic nitrogens is 12. The summed E-state index contributed by atoms with van der Waals surface area (Å²) in [5.41, 5.74) is 3.19. The molecule has 0 unspecified atom stereocenters. The molecule has 7 heterocycles.